The third-order valence-corrected chi connectivity index (χ3v) is 5.19. The molecule has 0 saturated heterocycles. The standard InChI is InChI=1S/C20H22N2O3S/c1-5-11-22-17-15(24-3)9-10-16(25-4)18(17)26-20(22)21-19(23)14-8-6-7-13(2)12-14/h6-10,12H,5,11H2,1-4H3. The quantitative estimate of drug-likeness (QED) is 0.677. The number of ether oxygens (including phenoxy) is 2. The van der Waals surface area contributed by atoms with Crippen LogP contribution in [0.2, 0.25) is 0 Å². The molecular weight excluding hydrogens is 348 g/mol. The molecule has 0 bridgehead atoms. The second kappa shape index (κ2) is 7.74. The fourth-order valence-electron chi connectivity index (χ4n) is 2.90. The molecule has 0 aliphatic rings. The maximum absolute atomic E-state index is 12.7. The van der Waals surface area contributed by atoms with Crippen molar-refractivity contribution in [1.82, 2.24) is 4.57 Å². The predicted octanol–water partition coefficient (Wildman–Crippen LogP) is 4.18. The van der Waals surface area contributed by atoms with Gasteiger partial charge < -0.3 is 14.0 Å². The molecule has 2 aromatic carbocycles. The average Bonchev–Trinajstić information content (AvgIpc) is 2.99. The van der Waals surface area contributed by atoms with E-state index in [1.807, 2.05) is 41.8 Å². The molecule has 0 radical (unpaired) electrons. The van der Waals surface area contributed by atoms with E-state index < -0.39 is 0 Å². The monoisotopic (exact) mass is 370 g/mol. The second-order valence-electron chi connectivity index (χ2n) is 5.97. The summed E-state index contributed by atoms with van der Waals surface area (Å²) >= 11 is 1.44. The van der Waals surface area contributed by atoms with Gasteiger partial charge in [0.15, 0.2) is 4.80 Å². The minimum absolute atomic E-state index is 0.247. The van der Waals surface area contributed by atoms with Gasteiger partial charge in [-0.2, -0.15) is 4.99 Å². The maximum Gasteiger partial charge on any atom is 0.279 e. The molecular formula is C20H22N2O3S. The lowest BCUT2D eigenvalue weighted by molar-refractivity contribution is 0.0997. The number of benzene rings is 2. The van der Waals surface area contributed by atoms with Gasteiger partial charge in [-0.25, -0.2) is 0 Å². The molecule has 0 atom stereocenters. The van der Waals surface area contributed by atoms with Crippen molar-refractivity contribution in [2.24, 2.45) is 4.99 Å². The smallest absolute Gasteiger partial charge is 0.279 e. The van der Waals surface area contributed by atoms with Gasteiger partial charge in [0.25, 0.3) is 5.91 Å². The molecule has 3 rings (SSSR count). The van der Waals surface area contributed by atoms with Crippen LogP contribution in [-0.2, 0) is 6.54 Å². The van der Waals surface area contributed by atoms with Gasteiger partial charge in [0, 0.05) is 12.1 Å². The van der Waals surface area contributed by atoms with E-state index in [1.165, 1.54) is 11.3 Å². The van der Waals surface area contributed by atoms with E-state index in [9.17, 15) is 4.79 Å². The molecule has 0 spiro atoms. The molecule has 1 heterocycles. The van der Waals surface area contributed by atoms with Crippen molar-refractivity contribution in [2.45, 2.75) is 26.8 Å². The number of methoxy groups -OCH3 is 2. The Morgan fingerprint density at radius 1 is 1.15 bits per heavy atom. The van der Waals surface area contributed by atoms with E-state index in [0.717, 1.165) is 40.2 Å². The van der Waals surface area contributed by atoms with Crippen molar-refractivity contribution in [1.29, 1.82) is 0 Å². The first-order valence-electron chi connectivity index (χ1n) is 8.49. The minimum Gasteiger partial charge on any atom is -0.495 e. The highest BCUT2D eigenvalue weighted by atomic mass is 32.1. The number of aromatic nitrogens is 1. The van der Waals surface area contributed by atoms with Gasteiger partial charge in [-0.3, -0.25) is 4.79 Å². The van der Waals surface area contributed by atoms with E-state index >= 15 is 0 Å². The Kier molecular flexibility index (Phi) is 5.42. The molecule has 3 aromatic rings. The van der Waals surface area contributed by atoms with Crippen LogP contribution in [0.1, 0.15) is 29.3 Å². The molecule has 0 aliphatic carbocycles. The number of amides is 1. The molecule has 0 N–H and O–H groups in total. The zero-order valence-corrected chi connectivity index (χ0v) is 16.2. The molecule has 0 saturated carbocycles. The van der Waals surface area contributed by atoms with Crippen molar-refractivity contribution >= 4 is 27.5 Å². The van der Waals surface area contributed by atoms with Crippen molar-refractivity contribution in [3.63, 3.8) is 0 Å². The number of nitrogens with zero attached hydrogens (tertiary/aromatic N) is 2. The first kappa shape index (κ1) is 18.2. The van der Waals surface area contributed by atoms with Crippen LogP contribution in [0, 0.1) is 6.92 Å². The summed E-state index contributed by atoms with van der Waals surface area (Å²) in [5, 5.41) is 0. The Balaban J connectivity index is 2.24. The molecule has 1 amide bonds. The highest BCUT2D eigenvalue weighted by molar-refractivity contribution is 7.16. The van der Waals surface area contributed by atoms with Gasteiger partial charge in [-0.05, 0) is 37.6 Å². The van der Waals surface area contributed by atoms with E-state index in [2.05, 4.69) is 11.9 Å². The summed E-state index contributed by atoms with van der Waals surface area (Å²) in [5.74, 6) is 1.25. The zero-order chi connectivity index (χ0) is 18.7. The van der Waals surface area contributed by atoms with Crippen LogP contribution in [0.5, 0.6) is 11.5 Å². The van der Waals surface area contributed by atoms with Gasteiger partial charge >= 0.3 is 0 Å². The normalized spacial score (nSPS) is 11.8. The molecule has 0 unspecified atom stereocenters. The van der Waals surface area contributed by atoms with Crippen LogP contribution < -0.4 is 14.3 Å². The number of carbonyl (C=O) groups excluding carboxylic acids is 1. The summed E-state index contributed by atoms with van der Waals surface area (Å²) in [4.78, 5) is 17.7. The fourth-order valence-corrected chi connectivity index (χ4v) is 4.06. The van der Waals surface area contributed by atoms with E-state index in [-0.39, 0.29) is 5.91 Å². The van der Waals surface area contributed by atoms with Crippen LogP contribution in [0.3, 0.4) is 0 Å². The maximum atomic E-state index is 12.7. The lowest BCUT2D eigenvalue weighted by Crippen LogP contribution is -2.17. The molecule has 26 heavy (non-hydrogen) atoms. The minimum atomic E-state index is -0.247. The number of thiazole rings is 1. The van der Waals surface area contributed by atoms with Gasteiger partial charge in [0.05, 0.1) is 14.2 Å². The molecule has 1 aromatic heterocycles. The second-order valence-corrected chi connectivity index (χ2v) is 6.95. The highest BCUT2D eigenvalue weighted by Crippen LogP contribution is 2.35. The molecule has 6 heteroatoms. The zero-order valence-electron chi connectivity index (χ0n) is 15.4. The van der Waals surface area contributed by atoms with Crippen LogP contribution in [-0.4, -0.2) is 24.7 Å². The summed E-state index contributed by atoms with van der Waals surface area (Å²) in [6, 6.07) is 11.2. The van der Waals surface area contributed by atoms with Crippen molar-refractivity contribution < 1.29 is 14.3 Å². The topological polar surface area (TPSA) is 52.8 Å². The Hall–Kier alpha value is -2.60. The Morgan fingerprint density at radius 3 is 2.54 bits per heavy atom. The van der Waals surface area contributed by atoms with E-state index in [1.54, 1.807) is 20.3 Å². The fraction of sp³-hybridized carbons (Fsp3) is 0.300. The first-order chi connectivity index (χ1) is 12.6. The third kappa shape index (κ3) is 3.37. The van der Waals surface area contributed by atoms with Crippen LogP contribution in [0.4, 0.5) is 0 Å². The SMILES string of the molecule is CCCn1c(=NC(=O)c2cccc(C)c2)sc2c(OC)ccc(OC)c21. The van der Waals surface area contributed by atoms with Gasteiger partial charge in [-0.15, -0.1) is 0 Å². The van der Waals surface area contributed by atoms with E-state index in [4.69, 9.17) is 9.47 Å². The van der Waals surface area contributed by atoms with Crippen LogP contribution >= 0.6 is 11.3 Å². The van der Waals surface area contributed by atoms with Gasteiger partial charge in [0.2, 0.25) is 0 Å². The lowest BCUT2D eigenvalue weighted by atomic mass is 10.1. The van der Waals surface area contributed by atoms with Gasteiger partial charge in [-0.1, -0.05) is 36.0 Å². The van der Waals surface area contributed by atoms with E-state index in [0.29, 0.717) is 10.4 Å². The molecule has 136 valence electrons. The predicted molar refractivity (Wildman–Crippen MR) is 104 cm³/mol. The number of fused-ring (bicyclic) bond motifs is 1. The third-order valence-electron chi connectivity index (χ3n) is 4.10. The molecule has 0 aliphatic heterocycles. The van der Waals surface area contributed by atoms with Crippen molar-refractivity contribution in [3.8, 4) is 11.5 Å². The number of rotatable bonds is 5. The first-order valence-corrected chi connectivity index (χ1v) is 9.30. The lowest BCUT2D eigenvalue weighted by Gasteiger charge is -2.09. The van der Waals surface area contributed by atoms with Crippen LogP contribution in [0.15, 0.2) is 41.4 Å². The summed E-state index contributed by atoms with van der Waals surface area (Å²) in [7, 11) is 3.28. The summed E-state index contributed by atoms with van der Waals surface area (Å²) < 4.78 is 14.0. The van der Waals surface area contributed by atoms with Gasteiger partial charge in [0.1, 0.15) is 21.7 Å². The van der Waals surface area contributed by atoms with Crippen molar-refractivity contribution in [2.75, 3.05) is 14.2 Å². The summed E-state index contributed by atoms with van der Waals surface area (Å²) in [6.07, 6.45) is 0.915. The number of aryl methyl sites for hydroxylation is 2. The largest absolute Gasteiger partial charge is 0.495 e. The van der Waals surface area contributed by atoms with Crippen molar-refractivity contribution in [3.05, 3.63) is 52.3 Å². The summed E-state index contributed by atoms with van der Waals surface area (Å²) in [5.41, 5.74) is 2.53. The van der Waals surface area contributed by atoms with Crippen LogP contribution in [0.25, 0.3) is 10.2 Å². The molecule has 5 nitrogen and oxygen atoms in total. The number of hydrogen-bond donors (Lipinski definition) is 0. The Morgan fingerprint density at radius 2 is 1.88 bits per heavy atom. The highest BCUT2D eigenvalue weighted by Gasteiger charge is 2.16. The molecule has 0 fully saturated rings. The Labute approximate surface area is 156 Å². The average molecular weight is 370 g/mol. The summed E-state index contributed by atoms with van der Waals surface area (Å²) in [6.45, 7) is 4.79. The Bertz CT molecular complexity index is 1020. The number of hydrogen-bond acceptors (Lipinski definition) is 4. The number of carbonyl (C=O) groups is 1.